The van der Waals surface area contributed by atoms with Crippen LogP contribution in [0.5, 0.6) is 0 Å². The van der Waals surface area contributed by atoms with Crippen molar-refractivity contribution in [2.75, 3.05) is 17.7 Å². The minimum absolute atomic E-state index is 0.255. The minimum atomic E-state index is -1.55. The molecular formula is C44H37N9O3. The SMILES string of the molecule is CNC(=O)c1ccc2c(c1)nc(-c1cccc3cccnc13)n2[C@@H](Cc1ccccc1)[C@@H](O)C(=O)Nc1ccc(C)c(Nc2nccc(-c3cccnc3)n2)c1. The van der Waals surface area contributed by atoms with Crippen molar-refractivity contribution in [3.63, 3.8) is 0 Å². The van der Waals surface area contributed by atoms with Gasteiger partial charge in [0.15, 0.2) is 6.10 Å². The first-order valence-corrected chi connectivity index (χ1v) is 18.1. The van der Waals surface area contributed by atoms with Crippen LogP contribution in [0.3, 0.4) is 0 Å². The largest absolute Gasteiger partial charge is 0.381 e. The molecule has 12 heteroatoms. The number of hydrogen-bond acceptors (Lipinski definition) is 9. The lowest BCUT2D eigenvalue weighted by Gasteiger charge is -2.27. The summed E-state index contributed by atoms with van der Waals surface area (Å²) in [7, 11) is 1.57. The number of nitrogens with one attached hydrogen (secondary N) is 3. The summed E-state index contributed by atoms with van der Waals surface area (Å²) >= 11 is 0. The van der Waals surface area contributed by atoms with Crippen LogP contribution in [-0.4, -0.2) is 59.6 Å². The molecule has 2 atom stereocenters. The minimum Gasteiger partial charge on any atom is -0.381 e. The molecule has 2 amide bonds. The third-order valence-electron chi connectivity index (χ3n) is 9.67. The lowest BCUT2D eigenvalue weighted by molar-refractivity contribution is -0.126. The predicted octanol–water partition coefficient (Wildman–Crippen LogP) is 7.30. The van der Waals surface area contributed by atoms with Crippen LogP contribution in [0.25, 0.3) is 44.6 Å². The Kier molecular flexibility index (Phi) is 9.93. The number of hydrogen-bond donors (Lipinski definition) is 4. The van der Waals surface area contributed by atoms with Gasteiger partial charge in [0.2, 0.25) is 5.95 Å². The molecule has 4 aromatic carbocycles. The van der Waals surface area contributed by atoms with E-state index >= 15 is 0 Å². The number of benzene rings is 4. The van der Waals surface area contributed by atoms with Gasteiger partial charge in [0, 0.05) is 65.3 Å². The second-order valence-electron chi connectivity index (χ2n) is 13.3. The lowest BCUT2D eigenvalue weighted by Crippen LogP contribution is -2.37. The number of para-hydroxylation sites is 1. The van der Waals surface area contributed by atoms with E-state index in [1.165, 1.54) is 0 Å². The molecule has 0 spiro atoms. The Hall–Kier alpha value is -7.31. The zero-order valence-electron chi connectivity index (χ0n) is 30.6. The van der Waals surface area contributed by atoms with Crippen molar-refractivity contribution < 1.29 is 14.7 Å². The fourth-order valence-corrected chi connectivity index (χ4v) is 6.83. The van der Waals surface area contributed by atoms with E-state index in [0.29, 0.717) is 51.0 Å². The van der Waals surface area contributed by atoms with E-state index < -0.39 is 18.1 Å². The van der Waals surface area contributed by atoms with Gasteiger partial charge in [-0.2, -0.15) is 0 Å². The first-order chi connectivity index (χ1) is 27.4. The maximum absolute atomic E-state index is 14.3. The summed E-state index contributed by atoms with van der Waals surface area (Å²) in [6.45, 7) is 1.94. The fraction of sp³-hybridized carbons (Fsp3) is 0.114. The van der Waals surface area contributed by atoms with Crippen molar-refractivity contribution in [3.8, 4) is 22.6 Å². The van der Waals surface area contributed by atoms with E-state index in [1.54, 1.807) is 62.2 Å². The van der Waals surface area contributed by atoms with Gasteiger partial charge in [-0.25, -0.2) is 15.0 Å². The molecular weight excluding hydrogens is 703 g/mol. The second kappa shape index (κ2) is 15.6. The highest BCUT2D eigenvalue weighted by Crippen LogP contribution is 2.36. The third kappa shape index (κ3) is 7.28. The molecule has 0 fully saturated rings. The molecule has 0 unspecified atom stereocenters. The van der Waals surface area contributed by atoms with Crippen molar-refractivity contribution in [1.82, 2.24) is 34.8 Å². The zero-order chi connectivity index (χ0) is 38.6. The van der Waals surface area contributed by atoms with Crippen molar-refractivity contribution in [1.29, 1.82) is 0 Å². The van der Waals surface area contributed by atoms with Gasteiger partial charge in [-0.05, 0) is 85.1 Å². The highest BCUT2D eigenvalue weighted by Gasteiger charge is 2.32. The number of pyridine rings is 2. The number of fused-ring (bicyclic) bond motifs is 2. The summed E-state index contributed by atoms with van der Waals surface area (Å²) in [4.78, 5) is 50.0. The number of carbonyl (C=O) groups excluding carboxylic acids is 2. The van der Waals surface area contributed by atoms with Gasteiger partial charge in [-0.15, -0.1) is 0 Å². The smallest absolute Gasteiger partial charge is 0.255 e. The van der Waals surface area contributed by atoms with Crippen LogP contribution in [0.1, 0.15) is 27.5 Å². The Labute approximate surface area is 322 Å². The summed E-state index contributed by atoms with van der Waals surface area (Å²) in [5.41, 5.74) is 7.55. The molecule has 0 bridgehead atoms. The number of imidazole rings is 1. The molecule has 0 radical (unpaired) electrons. The number of aryl methyl sites for hydroxylation is 1. The molecule has 4 N–H and O–H groups in total. The van der Waals surface area contributed by atoms with Crippen LogP contribution in [-0.2, 0) is 11.2 Å². The van der Waals surface area contributed by atoms with Gasteiger partial charge in [0.25, 0.3) is 11.8 Å². The molecule has 8 rings (SSSR count). The van der Waals surface area contributed by atoms with Crippen LogP contribution in [0.2, 0.25) is 0 Å². The molecule has 276 valence electrons. The molecule has 0 aliphatic carbocycles. The Morgan fingerprint density at radius 3 is 2.48 bits per heavy atom. The van der Waals surface area contributed by atoms with Crippen molar-refractivity contribution in [2.24, 2.45) is 0 Å². The van der Waals surface area contributed by atoms with E-state index in [-0.39, 0.29) is 12.3 Å². The first kappa shape index (κ1) is 35.7. The first-order valence-electron chi connectivity index (χ1n) is 18.1. The highest BCUT2D eigenvalue weighted by atomic mass is 16.3. The van der Waals surface area contributed by atoms with Crippen molar-refractivity contribution in [3.05, 3.63) is 157 Å². The predicted molar refractivity (Wildman–Crippen MR) is 217 cm³/mol. The molecule has 56 heavy (non-hydrogen) atoms. The maximum Gasteiger partial charge on any atom is 0.255 e. The standard InChI is InChI=1S/C44H37N9O3/c1-27-15-17-32(25-35(27)52-44-48-22-19-34(51-44)31-13-7-20-46-26-31)49-43(56)40(54)38(23-28-9-4-3-5-10-28)53-37-18-16-30(42(55)45-2)24-36(37)50-41(53)33-14-6-11-29-12-8-21-47-39(29)33/h3-22,24-26,38,40,54H,23H2,1-2H3,(H,45,55)(H,49,56)(H,48,51,52)/t38-,40+/m0/s1. The topological polar surface area (TPSA) is 160 Å². The molecule has 12 nitrogen and oxygen atoms in total. The summed E-state index contributed by atoms with van der Waals surface area (Å²) in [6.07, 6.45) is 5.57. The monoisotopic (exact) mass is 739 g/mol. The Morgan fingerprint density at radius 2 is 1.66 bits per heavy atom. The van der Waals surface area contributed by atoms with Crippen LogP contribution >= 0.6 is 0 Å². The molecule has 0 saturated heterocycles. The molecule has 0 aliphatic rings. The number of rotatable bonds is 11. The van der Waals surface area contributed by atoms with Crippen molar-refractivity contribution >= 4 is 51.1 Å². The number of aliphatic hydroxyl groups is 1. The maximum atomic E-state index is 14.3. The summed E-state index contributed by atoms with van der Waals surface area (Å²) in [6, 6.07) is 34.8. The molecule has 0 aliphatic heterocycles. The summed E-state index contributed by atoms with van der Waals surface area (Å²) in [5.74, 6) is 0.0144. The van der Waals surface area contributed by atoms with E-state index in [4.69, 9.17) is 9.97 Å². The Balaban J connectivity index is 1.17. The normalized spacial score (nSPS) is 12.3. The summed E-state index contributed by atoms with van der Waals surface area (Å²) in [5, 5.41) is 22.0. The van der Waals surface area contributed by atoms with Gasteiger partial charge in [-0.3, -0.25) is 19.6 Å². The number of nitrogens with zero attached hydrogens (tertiary/aromatic N) is 6. The molecule has 4 heterocycles. The van der Waals surface area contributed by atoms with E-state index in [2.05, 4.69) is 30.9 Å². The Bertz CT molecular complexity index is 2700. The van der Waals surface area contributed by atoms with E-state index in [0.717, 1.165) is 27.6 Å². The highest BCUT2D eigenvalue weighted by molar-refractivity contribution is 6.00. The van der Waals surface area contributed by atoms with Gasteiger partial charge >= 0.3 is 0 Å². The van der Waals surface area contributed by atoms with Crippen LogP contribution in [0.4, 0.5) is 17.3 Å². The third-order valence-corrected chi connectivity index (χ3v) is 9.67. The van der Waals surface area contributed by atoms with Crippen molar-refractivity contribution in [2.45, 2.75) is 25.5 Å². The number of aliphatic hydroxyl groups excluding tert-OH is 1. The summed E-state index contributed by atoms with van der Waals surface area (Å²) < 4.78 is 1.90. The van der Waals surface area contributed by atoms with Gasteiger partial charge in [0.05, 0.1) is 28.3 Å². The number of anilines is 3. The quantitative estimate of drug-likeness (QED) is 0.107. The van der Waals surface area contributed by atoms with Gasteiger partial charge in [0.1, 0.15) is 5.82 Å². The van der Waals surface area contributed by atoms with Gasteiger partial charge in [-0.1, -0.05) is 54.6 Å². The van der Waals surface area contributed by atoms with Crippen LogP contribution in [0, 0.1) is 6.92 Å². The van der Waals surface area contributed by atoms with E-state index in [1.807, 2.05) is 96.4 Å². The number of amides is 2. The van der Waals surface area contributed by atoms with Crippen LogP contribution < -0.4 is 16.0 Å². The van der Waals surface area contributed by atoms with Gasteiger partial charge < -0.3 is 25.6 Å². The fourth-order valence-electron chi connectivity index (χ4n) is 6.83. The number of aromatic nitrogens is 6. The molecule has 4 aromatic heterocycles. The van der Waals surface area contributed by atoms with Crippen LogP contribution in [0.15, 0.2) is 140 Å². The molecule has 8 aromatic rings. The Morgan fingerprint density at radius 1 is 0.821 bits per heavy atom. The number of carbonyl (C=O) groups is 2. The second-order valence-corrected chi connectivity index (χ2v) is 13.3. The van der Waals surface area contributed by atoms with E-state index in [9.17, 15) is 14.7 Å². The average Bonchev–Trinajstić information content (AvgIpc) is 3.62. The lowest BCUT2D eigenvalue weighted by atomic mass is 9.99. The molecule has 0 saturated carbocycles. The zero-order valence-corrected chi connectivity index (χ0v) is 30.6. The average molecular weight is 740 g/mol.